The second kappa shape index (κ2) is 11.0. The predicted octanol–water partition coefficient (Wildman–Crippen LogP) is 4.57. The van der Waals surface area contributed by atoms with E-state index >= 15 is 0 Å². The molecule has 3 amide bonds. The Bertz CT molecular complexity index is 885. The Balaban J connectivity index is 1.76. The van der Waals surface area contributed by atoms with Gasteiger partial charge in [-0.3, -0.25) is 4.79 Å². The highest BCUT2D eigenvalue weighted by atomic mass is 32.1. The molecule has 1 unspecified atom stereocenters. The molecule has 1 saturated heterocycles. The molecule has 1 aliphatic rings. The highest BCUT2D eigenvalue weighted by Crippen LogP contribution is 2.20. The summed E-state index contributed by atoms with van der Waals surface area (Å²) in [7, 11) is 0. The number of carbonyl (C=O) groups excluding carboxylic acids is 2. The first kappa shape index (κ1) is 24.3. The lowest BCUT2D eigenvalue weighted by molar-refractivity contribution is -0.133. The molecule has 0 radical (unpaired) electrons. The van der Waals surface area contributed by atoms with E-state index in [1.165, 1.54) is 4.88 Å². The number of ether oxygens (including phenoxy) is 1. The van der Waals surface area contributed by atoms with E-state index < -0.39 is 0 Å². The van der Waals surface area contributed by atoms with Crippen LogP contribution in [0.25, 0.3) is 0 Å². The van der Waals surface area contributed by atoms with E-state index in [4.69, 9.17) is 4.74 Å². The van der Waals surface area contributed by atoms with Crippen LogP contribution in [0.2, 0.25) is 0 Å². The van der Waals surface area contributed by atoms with Crippen LogP contribution in [0.1, 0.15) is 48.9 Å². The zero-order chi connectivity index (χ0) is 23.1. The molecule has 2 aromatic rings. The van der Waals surface area contributed by atoms with Gasteiger partial charge in [-0.1, -0.05) is 30.3 Å². The zero-order valence-electron chi connectivity index (χ0n) is 19.6. The van der Waals surface area contributed by atoms with Crippen molar-refractivity contribution in [3.63, 3.8) is 0 Å². The quantitative estimate of drug-likeness (QED) is 0.631. The number of thiophene rings is 1. The molecule has 0 aliphatic carbocycles. The molecule has 6 nitrogen and oxygen atoms in total. The second-order valence-electron chi connectivity index (χ2n) is 9.44. The number of aryl methyl sites for hydroxylation is 1. The molecule has 1 aromatic carbocycles. The molecule has 1 aromatic heterocycles. The summed E-state index contributed by atoms with van der Waals surface area (Å²) in [5.74, 6) is -0.0676. The van der Waals surface area contributed by atoms with Gasteiger partial charge in [-0.15, -0.1) is 11.3 Å². The first-order valence-electron chi connectivity index (χ1n) is 11.3. The third-order valence-corrected chi connectivity index (χ3v) is 6.24. The number of benzene rings is 1. The Morgan fingerprint density at radius 3 is 2.44 bits per heavy atom. The molecular weight excluding hydrogens is 422 g/mol. The van der Waals surface area contributed by atoms with Gasteiger partial charge in [0.2, 0.25) is 5.91 Å². The number of nitrogens with one attached hydrogen (secondary N) is 1. The van der Waals surface area contributed by atoms with Gasteiger partial charge < -0.3 is 19.9 Å². The third kappa shape index (κ3) is 7.64. The molecule has 174 valence electrons. The molecule has 0 spiro atoms. The predicted molar refractivity (Wildman–Crippen MR) is 129 cm³/mol. The van der Waals surface area contributed by atoms with Crippen molar-refractivity contribution in [3.8, 4) is 0 Å². The van der Waals surface area contributed by atoms with Crippen molar-refractivity contribution in [2.75, 3.05) is 19.7 Å². The van der Waals surface area contributed by atoms with Gasteiger partial charge in [-0.05, 0) is 58.2 Å². The number of amides is 3. The minimum atomic E-state index is -0.382. The Labute approximate surface area is 195 Å². The highest BCUT2D eigenvalue weighted by Gasteiger charge is 2.28. The maximum Gasteiger partial charge on any atom is 0.318 e. The van der Waals surface area contributed by atoms with Crippen molar-refractivity contribution >= 4 is 23.3 Å². The monoisotopic (exact) mass is 457 g/mol. The van der Waals surface area contributed by atoms with Gasteiger partial charge in [-0.25, -0.2) is 4.79 Å². The highest BCUT2D eigenvalue weighted by molar-refractivity contribution is 7.11. The molecule has 0 bridgehead atoms. The summed E-state index contributed by atoms with van der Waals surface area (Å²) in [4.78, 5) is 32.3. The van der Waals surface area contributed by atoms with Crippen LogP contribution >= 0.6 is 11.3 Å². The Morgan fingerprint density at radius 1 is 1.09 bits per heavy atom. The van der Waals surface area contributed by atoms with Gasteiger partial charge in [0.1, 0.15) is 6.54 Å². The summed E-state index contributed by atoms with van der Waals surface area (Å²) in [6.07, 6.45) is 1.89. The number of rotatable bonds is 8. The van der Waals surface area contributed by atoms with Gasteiger partial charge in [0.05, 0.1) is 12.6 Å². The fourth-order valence-electron chi connectivity index (χ4n) is 3.71. The van der Waals surface area contributed by atoms with E-state index in [9.17, 15) is 9.59 Å². The average molecular weight is 458 g/mol. The van der Waals surface area contributed by atoms with Crippen molar-refractivity contribution in [2.24, 2.45) is 0 Å². The molecule has 1 atom stereocenters. The molecule has 0 saturated carbocycles. The molecular formula is C25H35N3O3S. The largest absolute Gasteiger partial charge is 0.376 e. The van der Waals surface area contributed by atoms with Gasteiger partial charge in [0.25, 0.3) is 0 Å². The first-order chi connectivity index (χ1) is 15.2. The fraction of sp³-hybridized carbons (Fsp3) is 0.520. The van der Waals surface area contributed by atoms with Gasteiger partial charge >= 0.3 is 6.03 Å². The molecule has 3 rings (SSSR count). The summed E-state index contributed by atoms with van der Waals surface area (Å²) >= 11 is 1.70. The molecule has 1 aliphatic heterocycles. The standard InChI is InChI=1S/C25H35N3O3S/c1-19-12-13-22(32-19)17-27(15-20-9-6-5-7-10-20)23(29)18-28(16-21-11-8-14-31-21)24(30)26-25(2,3)4/h5-7,9-10,12-13,21H,8,11,14-18H2,1-4H3,(H,26,30). The average Bonchev–Trinajstić information content (AvgIpc) is 3.38. The Kier molecular flexibility index (Phi) is 8.32. The lowest BCUT2D eigenvalue weighted by atomic mass is 10.1. The van der Waals surface area contributed by atoms with Crippen molar-refractivity contribution < 1.29 is 14.3 Å². The number of nitrogens with zero attached hydrogens (tertiary/aromatic N) is 2. The summed E-state index contributed by atoms with van der Waals surface area (Å²) in [5, 5.41) is 3.00. The first-order valence-corrected chi connectivity index (χ1v) is 12.1. The normalized spacial score (nSPS) is 16.1. The molecule has 2 heterocycles. The van der Waals surface area contributed by atoms with Crippen molar-refractivity contribution in [3.05, 3.63) is 57.8 Å². The Hall–Kier alpha value is -2.38. The van der Waals surface area contributed by atoms with E-state index in [0.717, 1.165) is 23.3 Å². The zero-order valence-corrected chi connectivity index (χ0v) is 20.4. The number of urea groups is 1. The number of hydrogen-bond donors (Lipinski definition) is 1. The maximum atomic E-state index is 13.5. The van der Waals surface area contributed by atoms with Gasteiger partial charge in [0, 0.05) is 35.0 Å². The van der Waals surface area contributed by atoms with Crippen LogP contribution in [0.3, 0.4) is 0 Å². The van der Waals surface area contributed by atoms with Crippen molar-refractivity contribution in [1.29, 1.82) is 0 Å². The van der Waals surface area contributed by atoms with Crippen molar-refractivity contribution in [2.45, 2.75) is 65.3 Å². The van der Waals surface area contributed by atoms with E-state index in [0.29, 0.717) is 26.2 Å². The lowest BCUT2D eigenvalue weighted by Crippen LogP contribution is -2.53. The lowest BCUT2D eigenvalue weighted by Gasteiger charge is -2.31. The Morgan fingerprint density at radius 2 is 1.84 bits per heavy atom. The fourth-order valence-corrected chi connectivity index (χ4v) is 4.62. The number of hydrogen-bond acceptors (Lipinski definition) is 4. The molecule has 7 heteroatoms. The summed E-state index contributed by atoms with van der Waals surface area (Å²) in [6, 6.07) is 13.9. The number of carbonyl (C=O) groups is 2. The maximum absolute atomic E-state index is 13.5. The van der Waals surface area contributed by atoms with Crippen LogP contribution in [0.15, 0.2) is 42.5 Å². The van der Waals surface area contributed by atoms with Crippen LogP contribution in [0.4, 0.5) is 4.79 Å². The van der Waals surface area contributed by atoms with Crippen molar-refractivity contribution in [1.82, 2.24) is 15.1 Å². The molecule has 1 fully saturated rings. The summed E-state index contributed by atoms with van der Waals surface area (Å²) in [6.45, 7) is 10.1. The summed E-state index contributed by atoms with van der Waals surface area (Å²) < 4.78 is 5.75. The van der Waals surface area contributed by atoms with E-state index in [1.807, 2.05) is 56.0 Å². The minimum Gasteiger partial charge on any atom is -0.376 e. The van der Waals surface area contributed by atoms with Gasteiger partial charge in [0.15, 0.2) is 0 Å². The van der Waals surface area contributed by atoms with E-state index in [-0.39, 0.29) is 30.1 Å². The van der Waals surface area contributed by atoms with Crippen LogP contribution in [-0.2, 0) is 22.6 Å². The van der Waals surface area contributed by atoms with Crippen LogP contribution < -0.4 is 5.32 Å². The third-order valence-electron chi connectivity index (χ3n) is 5.25. The van der Waals surface area contributed by atoms with E-state index in [2.05, 4.69) is 24.4 Å². The van der Waals surface area contributed by atoms with Gasteiger partial charge in [-0.2, -0.15) is 0 Å². The topological polar surface area (TPSA) is 61.9 Å². The molecule has 32 heavy (non-hydrogen) atoms. The molecule has 1 N–H and O–H groups in total. The van der Waals surface area contributed by atoms with E-state index in [1.54, 1.807) is 16.2 Å². The minimum absolute atomic E-state index is 0.0176. The van der Waals surface area contributed by atoms with Crippen LogP contribution in [0.5, 0.6) is 0 Å². The summed E-state index contributed by atoms with van der Waals surface area (Å²) in [5.41, 5.74) is 0.687. The van der Waals surface area contributed by atoms with Crippen LogP contribution in [0, 0.1) is 6.92 Å². The SMILES string of the molecule is Cc1ccc(CN(Cc2ccccc2)C(=O)CN(CC2CCCO2)C(=O)NC(C)(C)C)s1. The second-order valence-corrected chi connectivity index (χ2v) is 10.8. The van der Waals surface area contributed by atoms with Crippen LogP contribution in [-0.4, -0.2) is 53.1 Å². The smallest absolute Gasteiger partial charge is 0.318 e.